The van der Waals surface area contributed by atoms with Gasteiger partial charge in [-0.15, -0.1) is 0 Å². The molecule has 11 nitrogen and oxygen atoms in total. The van der Waals surface area contributed by atoms with Crippen LogP contribution in [-0.2, 0) is 11.3 Å². The van der Waals surface area contributed by atoms with E-state index in [0.717, 1.165) is 10.9 Å². The molecule has 3 aromatic carbocycles. The average molecular weight is 512 g/mol. The summed E-state index contributed by atoms with van der Waals surface area (Å²) in [6, 6.07) is 17.7. The van der Waals surface area contributed by atoms with E-state index < -0.39 is 13.0 Å². The van der Waals surface area contributed by atoms with Crippen molar-refractivity contribution < 1.29 is 24.3 Å². The predicted molar refractivity (Wildman–Crippen MR) is 144 cm³/mol. The highest BCUT2D eigenvalue weighted by Gasteiger charge is 2.18. The van der Waals surface area contributed by atoms with Crippen LogP contribution in [0.1, 0.15) is 15.9 Å². The SMILES string of the molecule is COCCOc1cccc2c(NCc3cccc(B(O)O)c3)nc(-n3ncc4c(C(N)=O)cccc43)nc12. The van der Waals surface area contributed by atoms with Crippen molar-refractivity contribution in [2.75, 3.05) is 25.6 Å². The lowest BCUT2D eigenvalue weighted by Gasteiger charge is -2.14. The summed E-state index contributed by atoms with van der Waals surface area (Å²) < 4.78 is 12.6. The fourth-order valence-electron chi connectivity index (χ4n) is 4.17. The highest BCUT2D eigenvalue weighted by atomic mass is 16.5. The zero-order valence-corrected chi connectivity index (χ0v) is 20.5. The van der Waals surface area contributed by atoms with Crippen LogP contribution in [0.3, 0.4) is 0 Å². The number of amides is 1. The van der Waals surface area contributed by atoms with Gasteiger partial charge in [0.2, 0.25) is 5.91 Å². The minimum absolute atomic E-state index is 0.263. The van der Waals surface area contributed by atoms with Crippen LogP contribution >= 0.6 is 0 Å². The quantitative estimate of drug-likeness (QED) is 0.160. The Bertz CT molecular complexity index is 1620. The number of benzene rings is 3. The maximum Gasteiger partial charge on any atom is 0.488 e. The smallest absolute Gasteiger partial charge is 0.488 e. The number of carbonyl (C=O) groups is 1. The van der Waals surface area contributed by atoms with Gasteiger partial charge in [-0.3, -0.25) is 4.79 Å². The van der Waals surface area contributed by atoms with Gasteiger partial charge in [-0.2, -0.15) is 14.8 Å². The van der Waals surface area contributed by atoms with Crippen LogP contribution in [-0.4, -0.2) is 63.1 Å². The Hall–Kier alpha value is -4.52. The predicted octanol–water partition coefficient (Wildman–Crippen LogP) is 1.38. The van der Waals surface area contributed by atoms with E-state index in [1.807, 2.05) is 30.3 Å². The number of hydrogen-bond acceptors (Lipinski definition) is 9. The standard InChI is InChI=1S/C26H25BN6O5/c1-37-11-12-38-22-10-4-8-19-23(22)31-26(33-21-9-3-7-18(24(28)34)20(21)15-30-33)32-25(19)29-14-16-5-2-6-17(13-16)27(35)36/h2-10,13,15,35-36H,11-12,14H2,1H3,(H2,28,34)(H,29,31,32). The van der Waals surface area contributed by atoms with E-state index in [2.05, 4.69) is 10.4 Å². The van der Waals surface area contributed by atoms with E-state index in [4.69, 9.17) is 25.2 Å². The largest absolute Gasteiger partial charge is 0.489 e. The number of nitrogens with zero attached hydrogens (tertiary/aromatic N) is 4. The molecule has 0 bridgehead atoms. The van der Waals surface area contributed by atoms with Gasteiger partial charge in [0.25, 0.3) is 5.95 Å². The van der Waals surface area contributed by atoms with Crippen molar-refractivity contribution in [1.82, 2.24) is 19.7 Å². The average Bonchev–Trinajstić information content (AvgIpc) is 3.36. The number of para-hydroxylation sites is 1. The Balaban J connectivity index is 1.61. The van der Waals surface area contributed by atoms with Gasteiger partial charge in [-0.25, -0.2) is 4.98 Å². The molecule has 0 spiro atoms. The van der Waals surface area contributed by atoms with E-state index in [1.54, 1.807) is 48.3 Å². The molecule has 0 unspecified atom stereocenters. The lowest BCUT2D eigenvalue weighted by atomic mass is 9.80. The molecule has 0 saturated heterocycles. The molecule has 5 rings (SSSR count). The van der Waals surface area contributed by atoms with Crippen LogP contribution in [0.4, 0.5) is 5.82 Å². The summed E-state index contributed by atoms with van der Waals surface area (Å²) in [5, 5.41) is 28.1. The molecule has 1 amide bonds. The maximum absolute atomic E-state index is 11.9. The molecule has 0 radical (unpaired) electrons. The van der Waals surface area contributed by atoms with E-state index in [9.17, 15) is 14.8 Å². The van der Waals surface area contributed by atoms with Crippen LogP contribution in [0.2, 0.25) is 0 Å². The molecule has 0 aliphatic rings. The third kappa shape index (κ3) is 5.00. The van der Waals surface area contributed by atoms with Gasteiger partial charge in [0.1, 0.15) is 23.7 Å². The van der Waals surface area contributed by atoms with Crippen LogP contribution in [0, 0.1) is 0 Å². The lowest BCUT2D eigenvalue weighted by Crippen LogP contribution is -2.30. The third-order valence-electron chi connectivity index (χ3n) is 6.00. The summed E-state index contributed by atoms with van der Waals surface area (Å²) in [6.07, 6.45) is 1.56. The van der Waals surface area contributed by atoms with Crippen molar-refractivity contribution in [3.8, 4) is 11.7 Å². The molecule has 12 heteroatoms. The summed E-state index contributed by atoms with van der Waals surface area (Å²) in [5.41, 5.74) is 8.30. The molecule has 0 aliphatic carbocycles. The Morgan fingerprint density at radius 1 is 1.05 bits per heavy atom. The summed E-state index contributed by atoms with van der Waals surface area (Å²) in [4.78, 5) is 21.5. The molecule has 2 heterocycles. The molecule has 0 saturated carbocycles. The first-order valence-corrected chi connectivity index (χ1v) is 11.8. The fraction of sp³-hybridized carbons (Fsp3) is 0.154. The van der Waals surface area contributed by atoms with Crippen molar-refractivity contribution in [1.29, 1.82) is 0 Å². The minimum Gasteiger partial charge on any atom is -0.489 e. The van der Waals surface area contributed by atoms with Crippen LogP contribution in [0.5, 0.6) is 5.75 Å². The topological polar surface area (TPSA) is 158 Å². The third-order valence-corrected chi connectivity index (χ3v) is 6.00. The molecule has 192 valence electrons. The van der Waals surface area contributed by atoms with Gasteiger partial charge in [0, 0.05) is 24.4 Å². The Kier molecular flexibility index (Phi) is 7.18. The van der Waals surface area contributed by atoms with Crippen molar-refractivity contribution in [2.24, 2.45) is 5.73 Å². The molecular weight excluding hydrogens is 487 g/mol. The van der Waals surface area contributed by atoms with Gasteiger partial charge in [0.05, 0.1) is 23.9 Å². The Labute approximate surface area is 218 Å². The van der Waals surface area contributed by atoms with Gasteiger partial charge >= 0.3 is 7.12 Å². The fourth-order valence-corrected chi connectivity index (χ4v) is 4.17. The first kappa shape index (κ1) is 25.1. The van der Waals surface area contributed by atoms with E-state index in [1.165, 1.54) is 0 Å². The maximum atomic E-state index is 11.9. The number of rotatable bonds is 10. The number of ether oxygens (including phenoxy) is 2. The number of anilines is 1. The number of methoxy groups -OCH3 is 1. The molecule has 5 aromatic rings. The summed E-state index contributed by atoms with van der Waals surface area (Å²) in [7, 11) is 0.0366. The highest BCUT2D eigenvalue weighted by Crippen LogP contribution is 2.30. The van der Waals surface area contributed by atoms with Gasteiger partial charge in [-0.1, -0.05) is 36.4 Å². The van der Waals surface area contributed by atoms with Crippen molar-refractivity contribution in [3.05, 3.63) is 78.0 Å². The van der Waals surface area contributed by atoms with Crippen LogP contribution in [0.15, 0.2) is 66.9 Å². The first-order valence-electron chi connectivity index (χ1n) is 11.8. The molecular formula is C26H25BN6O5. The molecule has 5 N–H and O–H groups in total. The van der Waals surface area contributed by atoms with Gasteiger partial charge < -0.3 is 30.6 Å². The lowest BCUT2D eigenvalue weighted by molar-refractivity contribution is 0.100. The first-order chi connectivity index (χ1) is 18.5. The van der Waals surface area contributed by atoms with Gasteiger partial charge in [-0.05, 0) is 35.3 Å². The molecule has 0 atom stereocenters. The van der Waals surface area contributed by atoms with E-state index >= 15 is 0 Å². The number of fused-ring (bicyclic) bond motifs is 2. The number of primary amides is 1. The second-order valence-electron chi connectivity index (χ2n) is 8.50. The zero-order chi connectivity index (χ0) is 26.6. The monoisotopic (exact) mass is 512 g/mol. The van der Waals surface area contributed by atoms with Crippen LogP contribution < -0.4 is 21.3 Å². The van der Waals surface area contributed by atoms with Gasteiger partial charge in [0.15, 0.2) is 0 Å². The van der Waals surface area contributed by atoms with E-state index in [0.29, 0.717) is 58.8 Å². The minimum atomic E-state index is -1.56. The van der Waals surface area contributed by atoms with Crippen molar-refractivity contribution >= 4 is 46.1 Å². The van der Waals surface area contributed by atoms with Crippen molar-refractivity contribution in [2.45, 2.75) is 6.54 Å². The highest BCUT2D eigenvalue weighted by molar-refractivity contribution is 6.58. The number of nitrogens with two attached hydrogens (primary N) is 1. The number of carbonyl (C=O) groups excluding carboxylic acids is 1. The number of aromatic nitrogens is 4. The summed E-state index contributed by atoms with van der Waals surface area (Å²) >= 11 is 0. The Morgan fingerprint density at radius 2 is 1.87 bits per heavy atom. The summed E-state index contributed by atoms with van der Waals surface area (Å²) in [6.45, 7) is 1.10. The molecule has 0 aliphatic heterocycles. The van der Waals surface area contributed by atoms with Crippen molar-refractivity contribution in [3.63, 3.8) is 0 Å². The molecule has 38 heavy (non-hydrogen) atoms. The molecule has 2 aromatic heterocycles. The number of hydrogen-bond donors (Lipinski definition) is 4. The second kappa shape index (κ2) is 10.8. The number of nitrogens with one attached hydrogen (secondary N) is 1. The van der Waals surface area contributed by atoms with Crippen LogP contribution in [0.25, 0.3) is 27.8 Å². The second-order valence-corrected chi connectivity index (χ2v) is 8.50. The Morgan fingerprint density at radius 3 is 2.66 bits per heavy atom. The van der Waals surface area contributed by atoms with E-state index in [-0.39, 0.29) is 5.95 Å². The summed E-state index contributed by atoms with van der Waals surface area (Å²) in [5.74, 6) is 0.776. The zero-order valence-electron chi connectivity index (χ0n) is 20.5. The molecule has 0 fully saturated rings. The normalized spacial score (nSPS) is 11.1.